The van der Waals surface area contributed by atoms with Gasteiger partial charge in [0.15, 0.2) is 0 Å². The van der Waals surface area contributed by atoms with Gasteiger partial charge in [0.1, 0.15) is 0 Å². The van der Waals surface area contributed by atoms with Gasteiger partial charge in [-0.15, -0.1) is 0 Å². The molecule has 0 aliphatic carbocycles. The van der Waals surface area contributed by atoms with Crippen LogP contribution in [-0.4, -0.2) is 19.6 Å². The maximum Gasteiger partial charge on any atom is 0.0770 e. The monoisotopic (exact) mass is 247 g/mol. The van der Waals surface area contributed by atoms with E-state index >= 15 is 0 Å². The second-order valence-electron chi connectivity index (χ2n) is 5.12. The lowest BCUT2D eigenvalue weighted by molar-refractivity contribution is -0.900. The lowest BCUT2D eigenvalue weighted by Gasteiger charge is -2.19. The van der Waals surface area contributed by atoms with Crippen molar-refractivity contribution in [1.82, 2.24) is 0 Å². The molecule has 0 heterocycles. The molecule has 0 bridgehead atoms. The maximum atomic E-state index is 2.30. The van der Waals surface area contributed by atoms with Crippen molar-refractivity contribution in [2.24, 2.45) is 0 Å². The summed E-state index contributed by atoms with van der Waals surface area (Å²) in [5.74, 6) is 0. The number of unbranched alkanes of at least 4 members (excludes halogenated alkanes) is 6. The second kappa shape index (κ2) is 15.9. The van der Waals surface area contributed by atoms with Crippen LogP contribution in [0.15, 0.2) is 0 Å². The van der Waals surface area contributed by atoms with Gasteiger partial charge in [0.2, 0.25) is 0 Å². The predicted octanol–water partition coefficient (Wildman–Crippen LogP) is 0.446. The second-order valence-corrected chi connectivity index (χ2v) is 5.12. The summed E-state index contributed by atoms with van der Waals surface area (Å²) in [7, 11) is 0. The third-order valence-corrected chi connectivity index (χ3v) is 3.40. The molecule has 0 aliphatic heterocycles. The minimum absolute atomic E-state index is 0. The summed E-state index contributed by atoms with van der Waals surface area (Å²) in [5, 5.41) is 0. The molecule has 106 valence electrons. The molecule has 17 heavy (non-hydrogen) atoms. The fourth-order valence-corrected chi connectivity index (χ4v) is 2.25. The molecular weight excluding hydrogens is 213 g/mol. The van der Waals surface area contributed by atoms with E-state index in [1.807, 2.05) is 4.90 Å². The molecule has 0 unspecified atom stereocenters. The van der Waals surface area contributed by atoms with Gasteiger partial charge in [-0.2, -0.15) is 0 Å². The van der Waals surface area contributed by atoms with Crippen molar-refractivity contribution in [1.29, 1.82) is 0 Å². The van der Waals surface area contributed by atoms with Crippen molar-refractivity contribution in [3.63, 3.8) is 0 Å². The molecule has 0 aromatic rings. The summed E-state index contributed by atoms with van der Waals surface area (Å²) in [6, 6.07) is 0. The van der Waals surface area contributed by atoms with Crippen LogP contribution in [0.3, 0.4) is 0 Å². The Morgan fingerprint density at radius 2 is 0.824 bits per heavy atom. The van der Waals surface area contributed by atoms with E-state index in [9.17, 15) is 0 Å². The number of nitrogens with one attached hydrogen (secondary N) is 1. The molecular formula is C15H34FN. The smallest absolute Gasteiger partial charge is 0.0770 e. The van der Waals surface area contributed by atoms with Crippen LogP contribution in [0.25, 0.3) is 0 Å². The maximum absolute atomic E-state index is 2.30. The molecule has 0 amide bonds. The van der Waals surface area contributed by atoms with E-state index in [0.29, 0.717) is 0 Å². The zero-order valence-electron chi connectivity index (χ0n) is 12.4. The summed E-state index contributed by atoms with van der Waals surface area (Å²) in [5.41, 5.74) is 0. The van der Waals surface area contributed by atoms with E-state index < -0.39 is 0 Å². The normalized spacial score (nSPS) is 10.6. The Morgan fingerprint density at radius 3 is 1.06 bits per heavy atom. The standard InChI is InChI=1S/C15H33N.FH/c1-4-7-10-13-16(14-11-8-5-2)15-12-9-6-3;/h4-15H2,1-3H3;1H. The highest BCUT2D eigenvalue weighted by Gasteiger charge is 2.06. The molecule has 0 saturated heterocycles. The van der Waals surface area contributed by atoms with Gasteiger partial charge in [0.05, 0.1) is 19.6 Å². The first-order valence-corrected chi connectivity index (χ1v) is 7.68. The Labute approximate surface area is 108 Å². The zero-order chi connectivity index (χ0) is 12.1. The fraction of sp³-hybridized carbons (Fsp3) is 1.00. The Balaban J connectivity index is 0. The van der Waals surface area contributed by atoms with E-state index in [-0.39, 0.29) is 4.70 Å². The first-order valence-electron chi connectivity index (χ1n) is 7.68. The molecule has 0 saturated carbocycles. The molecule has 0 spiro atoms. The van der Waals surface area contributed by atoms with Crippen LogP contribution in [0.2, 0.25) is 0 Å². The third-order valence-electron chi connectivity index (χ3n) is 3.40. The molecule has 0 radical (unpaired) electrons. The van der Waals surface area contributed by atoms with Gasteiger partial charge in [-0.05, 0) is 38.5 Å². The van der Waals surface area contributed by atoms with Crippen molar-refractivity contribution < 1.29 is 9.60 Å². The van der Waals surface area contributed by atoms with Gasteiger partial charge in [0.25, 0.3) is 0 Å². The summed E-state index contributed by atoms with van der Waals surface area (Å²) in [4.78, 5) is 1.87. The Kier molecular flexibility index (Phi) is 18.0. The van der Waals surface area contributed by atoms with Crippen LogP contribution in [0.5, 0.6) is 0 Å². The highest BCUT2D eigenvalue weighted by atomic mass is 19.0. The number of quaternary nitrogens is 1. The van der Waals surface area contributed by atoms with Crippen LogP contribution < -0.4 is 9.60 Å². The van der Waals surface area contributed by atoms with Crippen molar-refractivity contribution in [2.45, 2.75) is 78.6 Å². The van der Waals surface area contributed by atoms with E-state index in [4.69, 9.17) is 0 Å². The topological polar surface area (TPSA) is 4.44 Å². The lowest BCUT2D eigenvalue weighted by Crippen LogP contribution is -3.12. The first-order chi connectivity index (χ1) is 7.85. The Bertz CT molecular complexity index is 104. The number of rotatable bonds is 12. The molecule has 2 heteroatoms. The van der Waals surface area contributed by atoms with Gasteiger partial charge in [-0.3, -0.25) is 0 Å². The van der Waals surface area contributed by atoms with Crippen LogP contribution in [0, 0.1) is 0 Å². The number of hydrogen-bond donors (Lipinski definition) is 1. The van der Waals surface area contributed by atoms with E-state index in [0.717, 1.165) is 0 Å². The molecule has 1 N–H and O–H groups in total. The summed E-state index contributed by atoms with van der Waals surface area (Å²) in [6.07, 6.45) is 12.6. The summed E-state index contributed by atoms with van der Waals surface area (Å²) in [6.45, 7) is 11.2. The van der Waals surface area contributed by atoms with Crippen molar-refractivity contribution in [2.75, 3.05) is 19.6 Å². The van der Waals surface area contributed by atoms with Crippen LogP contribution >= 0.6 is 0 Å². The van der Waals surface area contributed by atoms with Crippen LogP contribution in [0.1, 0.15) is 78.6 Å². The third kappa shape index (κ3) is 13.8. The van der Waals surface area contributed by atoms with E-state index in [2.05, 4.69) is 20.8 Å². The molecule has 1 nitrogen and oxygen atoms in total. The highest BCUT2D eigenvalue weighted by Crippen LogP contribution is 1.94. The minimum atomic E-state index is 0. The van der Waals surface area contributed by atoms with Gasteiger partial charge in [-0.25, -0.2) is 0 Å². The minimum Gasteiger partial charge on any atom is -1.00 e. The van der Waals surface area contributed by atoms with Crippen molar-refractivity contribution >= 4 is 0 Å². The Hall–Kier alpha value is -0.110. The van der Waals surface area contributed by atoms with Crippen molar-refractivity contribution in [3.8, 4) is 0 Å². The highest BCUT2D eigenvalue weighted by molar-refractivity contribution is 4.41. The molecule has 0 aliphatic rings. The fourth-order valence-electron chi connectivity index (χ4n) is 2.25. The predicted molar refractivity (Wildman–Crippen MR) is 74.1 cm³/mol. The number of hydrogen-bond acceptors (Lipinski definition) is 0. The number of halogens is 1. The Morgan fingerprint density at radius 1 is 0.529 bits per heavy atom. The molecule has 0 aromatic carbocycles. The van der Waals surface area contributed by atoms with Gasteiger partial charge in [0, 0.05) is 0 Å². The van der Waals surface area contributed by atoms with Gasteiger partial charge >= 0.3 is 0 Å². The van der Waals surface area contributed by atoms with Crippen LogP contribution in [0.4, 0.5) is 0 Å². The summed E-state index contributed by atoms with van der Waals surface area (Å²) >= 11 is 0. The molecule has 0 aromatic heterocycles. The largest absolute Gasteiger partial charge is 1.00 e. The average Bonchev–Trinajstić information content (AvgIpc) is 2.29. The quantitative estimate of drug-likeness (QED) is 0.478. The SMILES string of the molecule is CCCCC[NH+](CCCCC)CCCCC.[F-]. The molecule has 0 atom stereocenters. The van der Waals surface area contributed by atoms with E-state index in [1.54, 1.807) is 0 Å². The average molecular weight is 247 g/mol. The van der Waals surface area contributed by atoms with Gasteiger partial charge in [-0.1, -0.05) is 40.0 Å². The molecule has 0 rings (SSSR count). The van der Waals surface area contributed by atoms with Crippen LogP contribution in [-0.2, 0) is 0 Å². The molecule has 0 fully saturated rings. The summed E-state index contributed by atoms with van der Waals surface area (Å²) < 4.78 is 0. The lowest BCUT2D eigenvalue weighted by atomic mass is 10.2. The van der Waals surface area contributed by atoms with Gasteiger partial charge < -0.3 is 9.60 Å². The van der Waals surface area contributed by atoms with E-state index in [1.165, 1.54) is 77.4 Å². The first kappa shape index (κ1) is 19.2. The zero-order valence-corrected chi connectivity index (χ0v) is 12.4. The van der Waals surface area contributed by atoms with Crippen molar-refractivity contribution in [3.05, 3.63) is 0 Å².